The normalized spacial score (nSPS) is 17.6. The van der Waals surface area contributed by atoms with Crippen LogP contribution in [0.4, 0.5) is 0 Å². The molecule has 0 aromatic rings. The maximum Gasteiger partial charge on any atom is 0.237 e. The van der Waals surface area contributed by atoms with Crippen molar-refractivity contribution >= 4 is 5.91 Å². The first kappa shape index (κ1) is 13.1. The third-order valence-electron chi connectivity index (χ3n) is 2.97. The van der Waals surface area contributed by atoms with E-state index in [0.717, 1.165) is 25.8 Å². The molecule has 3 heteroatoms. The number of rotatable bonds is 5. The van der Waals surface area contributed by atoms with Gasteiger partial charge in [0.05, 0.1) is 6.04 Å². The topological polar surface area (TPSA) is 41.1 Å². The Morgan fingerprint density at radius 2 is 2.12 bits per heavy atom. The van der Waals surface area contributed by atoms with Gasteiger partial charge >= 0.3 is 0 Å². The van der Waals surface area contributed by atoms with E-state index in [-0.39, 0.29) is 11.9 Å². The fourth-order valence-electron chi connectivity index (χ4n) is 1.97. The van der Waals surface area contributed by atoms with Crippen molar-refractivity contribution in [1.82, 2.24) is 10.6 Å². The first-order chi connectivity index (χ1) is 7.74. The fraction of sp³-hybridized carbons (Fsp3) is 0.769. The van der Waals surface area contributed by atoms with E-state index in [1.165, 1.54) is 12.8 Å². The Morgan fingerprint density at radius 3 is 2.75 bits per heavy atom. The Morgan fingerprint density at radius 1 is 1.44 bits per heavy atom. The van der Waals surface area contributed by atoms with Gasteiger partial charge in [0, 0.05) is 19.0 Å². The molecule has 16 heavy (non-hydrogen) atoms. The smallest absolute Gasteiger partial charge is 0.237 e. The number of hydrogen-bond acceptors (Lipinski definition) is 2. The molecule has 1 aliphatic rings. The molecule has 1 fully saturated rings. The lowest BCUT2D eigenvalue weighted by Crippen LogP contribution is -2.45. The lowest BCUT2D eigenvalue weighted by molar-refractivity contribution is -0.123. The standard InChI is InChI=1S/C13H22N2O/c1-3-4-7-10-14-11(2)13(16)15-12-8-5-6-9-12/h11-12,14H,5-10H2,1-2H3,(H,15,16). The Kier molecular flexibility index (Phi) is 5.95. The van der Waals surface area contributed by atoms with Gasteiger partial charge in [0.1, 0.15) is 0 Å². The second-order valence-corrected chi connectivity index (χ2v) is 4.34. The summed E-state index contributed by atoms with van der Waals surface area (Å²) in [6.07, 6.45) is 5.58. The zero-order chi connectivity index (χ0) is 11.8. The van der Waals surface area contributed by atoms with E-state index >= 15 is 0 Å². The minimum Gasteiger partial charge on any atom is -0.352 e. The Labute approximate surface area is 98.4 Å². The molecule has 0 heterocycles. The number of amides is 1. The summed E-state index contributed by atoms with van der Waals surface area (Å²) in [5, 5.41) is 6.26. The predicted octanol–water partition coefficient (Wildman–Crippen LogP) is 1.44. The third kappa shape index (κ3) is 4.67. The summed E-state index contributed by atoms with van der Waals surface area (Å²) in [5.74, 6) is 5.93. The minimum atomic E-state index is -0.112. The first-order valence-corrected chi connectivity index (χ1v) is 6.17. The summed E-state index contributed by atoms with van der Waals surface area (Å²) < 4.78 is 0. The number of hydrogen-bond donors (Lipinski definition) is 2. The predicted molar refractivity (Wildman–Crippen MR) is 65.9 cm³/mol. The molecule has 0 saturated heterocycles. The van der Waals surface area contributed by atoms with Crippen LogP contribution in [0.2, 0.25) is 0 Å². The first-order valence-electron chi connectivity index (χ1n) is 6.17. The summed E-state index contributed by atoms with van der Waals surface area (Å²) in [6.45, 7) is 4.51. The van der Waals surface area contributed by atoms with Gasteiger partial charge in [-0.3, -0.25) is 4.79 Å². The van der Waals surface area contributed by atoms with Crippen molar-refractivity contribution in [2.75, 3.05) is 6.54 Å². The molecule has 0 aromatic heterocycles. The summed E-state index contributed by atoms with van der Waals surface area (Å²) in [5.41, 5.74) is 0. The molecule has 0 spiro atoms. The molecule has 0 radical (unpaired) electrons. The molecule has 2 N–H and O–H groups in total. The van der Waals surface area contributed by atoms with Crippen LogP contribution in [0, 0.1) is 11.8 Å². The molecular weight excluding hydrogens is 200 g/mol. The van der Waals surface area contributed by atoms with Crippen molar-refractivity contribution < 1.29 is 4.79 Å². The number of carbonyl (C=O) groups is 1. The maximum atomic E-state index is 11.8. The Hall–Kier alpha value is -1.01. The van der Waals surface area contributed by atoms with Crippen LogP contribution in [0.25, 0.3) is 0 Å². The molecule has 1 rings (SSSR count). The van der Waals surface area contributed by atoms with Crippen LogP contribution in [0.15, 0.2) is 0 Å². The highest BCUT2D eigenvalue weighted by molar-refractivity contribution is 5.81. The van der Waals surface area contributed by atoms with Crippen LogP contribution in [-0.2, 0) is 4.79 Å². The molecule has 0 aliphatic heterocycles. The molecule has 1 aliphatic carbocycles. The molecular formula is C13H22N2O. The van der Waals surface area contributed by atoms with Crippen LogP contribution in [0.5, 0.6) is 0 Å². The van der Waals surface area contributed by atoms with E-state index in [0.29, 0.717) is 6.04 Å². The average molecular weight is 222 g/mol. The number of carbonyl (C=O) groups excluding carboxylic acids is 1. The lowest BCUT2D eigenvalue weighted by atomic mass is 10.2. The van der Waals surface area contributed by atoms with Gasteiger partial charge in [0.15, 0.2) is 0 Å². The van der Waals surface area contributed by atoms with Crippen LogP contribution in [0.1, 0.15) is 46.0 Å². The molecule has 0 aromatic carbocycles. The van der Waals surface area contributed by atoms with Gasteiger partial charge in [-0.2, -0.15) is 0 Å². The van der Waals surface area contributed by atoms with Gasteiger partial charge in [0.2, 0.25) is 5.91 Å². The van der Waals surface area contributed by atoms with Gasteiger partial charge in [-0.15, -0.1) is 11.8 Å². The molecule has 1 amide bonds. The molecule has 0 bridgehead atoms. The van der Waals surface area contributed by atoms with E-state index in [4.69, 9.17) is 0 Å². The zero-order valence-electron chi connectivity index (χ0n) is 10.3. The Balaban J connectivity index is 2.15. The number of nitrogens with one attached hydrogen (secondary N) is 2. The van der Waals surface area contributed by atoms with Gasteiger partial charge in [-0.05, 0) is 26.7 Å². The van der Waals surface area contributed by atoms with E-state index in [9.17, 15) is 4.79 Å². The van der Waals surface area contributed by atoms with E-state index in [2.05, 4.69) is 22.5 Å². The second kappa shape index (κ2) is 7.29. The van der Waals surface area contributed by atoms with Gasteiger partial charge in [-0.25, -0.2) is 0 Å². The molecule has 1 unspecified atom stereocenters. The van der Waals surface area contributed by atoms with Crippen LogP contribution >= 0.6 is 0 Å². The Bertz CT molecular complexity index is 271. The second-order valence-electron chi connectivity index (χ2n) is 4.34. The summed E-state index contributed by atoms with van der Waals surface area (Å²) in [7, 11) is 0. The van der Waals surface area contributed by atoms with Crippen LogP contribution in [-0.4, -0.2) is 24.5 Å². The van der Waals surface area contributed by atoms with Crippen molar-refractivity contribution in [3.05, 3.63) is 0 Å². The molecule has 90 valence electrons. The lowest BCUT2D eigenvalue weighted by Gasteiger charge is -2.17. The van der Waals surface area contributed by atoms with E-state index in [1.54, 1.807) is 0 Å². The van der Waals surface area contributed by atoms with Crippen molar-refractivity contribution in [1.29, 1.82) is 0 Å². The van der Waals surface area contributed by atoms with Gasteiger partial charge in [-0.1, -0.05) is 12.8 Å². The van der Waals surface area contributed by atoms with Crippen molar-refractivity contribution in [3.63, 3.8) is 0 Å². The summed E-state index contributed by atoms with van der Waals surface area (Å²) >= 11 is 0. The van der Waals surface area contributed by atoms with E-state index in [1.807, 2.05) is 13.8 Å². The molecule has 1 atom stereocenters. The van der Waals surface area contributed by atoms with Crippen molar-refractivity contribution in [2.45, 2.75) is 58.0 Å². The van der Waals surface area contributed by atoms with Gasteiger partial charge in [0.25, 0.3) is 0 Å². The van der Waals surface area contributed by atoms with Crippen molar-refractivity contribution in [2.24, 2.45) is 0 Å². The average Bonchev–Trinajstić information content (AvgIpc) is 2.76. The highest BCUT2D eigenvalue weighted by Gasteiger charge is 2.19. The quantitative estimate of drug-likeness (QED) is 0.546. The van der Waals surface area contributed by atoms with Crippen molar-refractivity contribution in [3.8, 4) is 11.8 Å². The maximum absolute atomic E-state index is 11.8. The molecule has 1 saturated carbocycles. The fourth-order valence-corrected chi connectivity index (χ4v) is 1.97. The zero-order valence-corrected chi connectivity index (χ0v) is 10.3. The summed E-state index contributed by atoms with van der Waals surface area (Å²) in [6, 6.07) is 0.298. The van der Waals surface area contributed by atoms with Crippen LogP contribution in [0.3, 0.4) is 0 Å². The monoisotopic (exact) mass is 222 g/mol. The minimum absolute atomic E-state index is 0.112. The SMILES string of the molecule is CC#CCCNC(C)C(=O)NC1CCCC1. The van der Waals surface area contributed by atoms with E-state index < -0.39 is 0 Å². The highest BCUT2D eigenvalue weighted by atomic mass is 16.2. The largest absolute Gasteiger partial charge is 0.352 e. The molecule has 3 nitrogen and oxygen atoms in total. The third-order valence-corrected chi connectivity index (χ3v) is 2.97. The van der Waals surface area contributed by atoms with Crippen LogP contribution < -0.4 is 10.6 Å². The summed E-state index contributed by atoms with van der Waals surface area (Å²) in [4.78, 5) is 11.8. The highest BCUT2D eigenvalue weighted by Crippen LogP contribution is 2.17. The van der Waals surface area contributed by atoms with Gasteiger partial charge < -0.3 is 10.6 Å².